The van der Waals surface area contributed by atoms with Gasteiger partial charge in [-0.2, -0.15) is 0 Å². The van der Waals surface area contributed by atoms with Gasteiger partial charge in [-0.05, 0) is 19.1 Å². The van der Waals surface area contributed by atoms with Crippen LogP contribution in [0.2, 0.25) is 0 Å². The highest BCUT2D eigenvalue weighted by molar-refractivity contribution is 7.99. The molecule has 68 valence electrons. The second-order valence-electron chi connectivity index (χ2n) is 2.74. The summed E-state index contributed by atoms with van der Waals surface area (Å²) in [5, 5.41) is 0.945. The van der Waals surface area contributed by atoms with Gasteiger partial charge >= 0.3 is 0 Å². The largest absolute Gasteiger partial charge is 0.383 e. The molecule has 1 rings (SSSR count). The van der Waals surface area contributed by atoms with Gasteiger partial charge in [-0.1, -0.05) is 13.3 Å². The lowest BCUT2D eigenvalue weighted by Gasteiger charge is -1.95. The smallest absolute Gasteiger partial charge is 0.138 e. The van der Waals surface area contributed by atoms with Crippen molar-refractivity contribution in [3.8, 4) is 0 Å². The van der Waals surface area contributed by atoms with Crippen molar-refractivity contribution in [2.45, 2.75) is 31.7 Å². The summed E-state index contributed by atoms with van der Waals surface area (Å²) in [5.41, 5.74) is 5.68. The van der Waals surface area contributed by atoms with Crippen molar-refractivity contribution in [1.29, 1.82) is 0 Å². The highest BCUT2D eigenvalue weighted by atomic mass is 32.2. The van der Waals surface area contributed by atoms with Crippen LogP contribution in [0.5, 0.6) is 0 Å². The first kappa shape index (κ1) is 9.45. The van der Waals surface area contributed by atoms with Crippen LogP contribution in [0.3, 0.4) is 0 Å². The van der Waals surface area contributed by atoms with E-state index in [1.54, 1.807) is 11.8 Å². The molecule has 0 saturated carbocycles. The zero-order valence-corrected chi connectivity index (χ0v) is 8.37. The number of nitrogens with two attached hydrogens (primary N) is 1. The van der Waals surface area contributed by atoms with Crippen molar-refractivity contribution in [1.82, 2.24) is 9.97 Å². The molecule has 1 heterocycles. The SMILES string of the molecule is CCCCSc1nc(C)[nH]c1N. The van der Waals surface area contributed by atoms with E-state index in [-0.39, 0.29) is 0 Å². The fourth-order valence-electron chi connectivity index (χ4n) is 0.912. The van der Waals surface area contributed by atoms with E-state index in [9.17, 15) is 0 Å². The Morgan fingerprint density at radius 2 is 2.33 bits per heavy atom. The lowest BCUT2D eigenvalue weighted by Crippen LogP contribution is -1.87. The maximum Gasteiger partial charge on any atom is 0.138 e. The summed E-state index contributed by atoms with van der Waals surface area (Å²) in [6, 6.07) is 0. The fraction of sp³-hybridized carbons (Fsp3) is 0.625. The molecule has 0 fully saturated rings. The summed E-state index contributed by atoms with van der Waals surface area (Å²) < 4.78 is 0. The van der Waals surface area contributed by atoms with Gasteiger partial charge < -0.3 is 10.7 Å². The Balaban J connectivity index is 2.45. The minimum atomic E-state index is 0.702. The van der Waals surface area contributed by atoms with Crippen LogP contribution in [0.15, 0.2) is 5.03 Å². The average Bonchev–Trinajstić information content (AvgIpc) is 2.31. The van der Waals surface area contributed by atoms with Gasteiger partial charge in [0.2, 0.25) is 0 Å². The Kier molecular flexibility index (Phi) is 3.47. The number of nitrogen functional groups attached to an aromatic ring is 1. The number of H-pyrrole nitrogens is 1. The predicted octanol–water partition coefficient (Wildman–Crippen LogP) is 2.19. The van der Waals surface area contributed by atoms with Gasteiger partial charge in [-0.25, -0.2) is 4.98 Å². The first-order valence-electron chi connectivity index (χ1n) is 4.19. The first-order valence-corrected chi connectivity index (χ1v) is 5.17. The maximum atomic E-state index is 5.68. The van der Waals surface area contributed by atoms with E-state index in [1.165, 1.54) is 12.8 Å². The van der Waals surface area contributed by atoms with Crippen LogP contribution in [0.25, 0.3) is 0 Å². The maximum absolute atomic E-state index is 5.68. The molecule has 0 spiro atoms. The lowest BCUT2D eigenvalue weighted by molar-refractivity contribution is 0.895. The molecule has 0 bridgehead atoms. The molecule has 12 heavy (non-hydrogen) atoms. The van der Waals surface area contributed by atoms with E-state index in [1.807, 2.05) is 6.92 Å². The predicted molar refractivity (Wildman–Crippen MR) is 53.4 cm³/mol. The van der Waals surface area contributed by atoms with Gasteiger partial charge in [0.05, 0.1) is 0 Å². The van der Waals surface area contributed by atoms with E-state index in [0.717, 1.165) is 16.6 Å². The van der Waals surface area contributed by atoms with Crippen LogP contribution in [0, 0.1) is 6.92 Å². The number of rotatable bonds is 4. The van der Waals surface area contributed by atoms with Gasteiger partial charge in [0.1, 0.15) is 16.7 Å². The van der Waals surface area contributed by atoms with Crippen LogP contribution in [-0.2, 0) is 0 Å². The molecule has 0 atom stereocenters. The van der Waals surface area contributed by atoms with E-state index in [2.05, 4.69) is 16.9 Å². The van der Waals surface area contributed by atoms with Crippen LogP contribution in [0.1, 0.15) is 25.6 Å². The number of anilines is 1. The molecule has 0 aliphatic heterocycles. The fourth-order valence-corrected chi connectivity index (χ4v) is 1.95. The zero-order chi connectivity index (χ0) is 8.97. The summed E-state index contributed by atoms with van der Waals surface area (Å²) >= 11 is 1.73. The summed E-state index contributed by atoms with van der Waals surface area (Å²) in [6.07, 6.45) is 2.44. The highest BCUT2D eigenvalue weighted by Gasteiger charge is 2.03. The normalized spacial score (nSPS) is 10.5. The van der Waals surface area contributed by atoms with Gasteiger partial charge in [0, 0.05) is 0 Å². The van der Waals surface area contributed by atoms with Crippen LogP contribution >= 0.6 is 11.8 Å². The number of hydrogen-bond acceptors (Lipinski definition) is 3. The molecule has 3 nitrogen and oxygen atoms in total. The van der Waals surface area contributed by atoms with Crippen molar-refractivity contribution in [3.63, 3.8) is 0 Å². The number of aromatic nitrogens is 2. The monoisotopic (exact) mass is 185 g/mol. The molecule has 3 N–H and O–H groups in total. The molecule has 0 aliphatic carbocycles. The third-order valence-electron chi connectivity index (χ3n) is 1.55. The van der Waals surface area contributed by atoms with Gasteiger partial charge in [-0.15, -0.1) is 11.8 Å². The standard InChI is InChI=1S/C8H15N3S/c1-3-4-5-12-8-7(9)10-6(2)11-8/h3-5,9H2,1-2H3,(H,10,11). The van der Waals surface area contributed by atoms with Gasteiger partial charge in [0.25, 0.3) is 0 Å². The van der Waals surface area contributed by atoms with Crippen LogP contribution < -0.4 is 5.73 Å². The number of nitrogens with one attached hydrogen (secondary N) is 1. The summed E-state index contributed by atoms with van der Waals surface area (Å²) in [5.74, 6) is 2.70. The molecule has 0 aromatic carbocycles. The molecule has 0 radical (unpaired) electrons. The number of thioether (sulfide) groups is 1. The van der Waals surface area contributed by atoms with Crippen molar-refractivity contribution < 1.29 is 0 Å². The van der Waals surface area contributed by atoms with Gasteiger partial charge in [-0.3, -0.25) is 0 Å². The highest BCUT2D eigenvalue weighted by Crippen LogP contribution is 2.22. The number of aryl methyl sites for hydroxylation is 1. The Morgan fingerprint density at radius 1 is 1.58 bits per heavy atom. The molecule has 0 amide bonds. The van der Waals surface area contributed by atoms with Crippen molar-refractivity contribution >= 4 is 17.6 Å². The average molecular weight is 185 g/mol. The topological polar surface area (TPSA) is 54.7 Å². The zero-order valence-electron chi connectivity index (χ0n) is 7.55. The van der Waals surface area contributed by atoms with Gasteiger partial charge in [0.15, 0.2) is 0 Å². The van der Waals surface area contributed by atoms with E-state index >= 15 is 0 Å². The van der Waals surface area contributed by atoms with Crippen molar-refractivity contribution in [2.24, 2.45) is 0 Å². The summed E-state index contributed by atoms with van der Waals surface area (Å²) in [7, 11) is 0. The Labute approximate surface area is 77.1 Å². The van der Waals surface area contributed by atoms with Crippen molar-refractivity contribution in [3.05, 3.63) is 5.82 Å². The molecular formula is C8H15N3S. The lowest BCUT2D eigenvalue weighted by atomic mass is 10.4. The third kappa shape index (κ3) is 2.44. The quantitative estimate of drug-likeness (QED) is 0.558. The first-order chi connectivity index (χ1) is 5.74. The molecule has 1 aromatic rings. The second-order valence-corrected chi connectivity index (χ2v) is 3.83. The van der Waals surface area contributed by atoms with Crippen molar-refractivity contribution in [2.75, 3.05) is 11.5 Å². The number of imidazole rings is 1. The van der Waals surface area contributed by atoms with Crippen LogP contribution in [0.4, 0.5) is 5.82 Å². The molecule has 0 unspecified atom stereocenters. The molecule has 0 aliphatic rings. The number of nitrogens with zero attached hydrogens (tertiary/aromatic N) is 1. The molecular weight excluding hydrogens is 170 g/mol. The third-order valence-corrected chi connectivity index (χ3v) is 2.63. The Bertz CT molecular complexity index is 244. The Morgan fingerprint density at radius 3 is 2.83 bits per heavy atom. The van der Waals surface area contributed by atoms with E-state index < -0.39 is 0 Å². The van der Waals surface area contributed by atoms with Crippen LogP contribution in [-0.4, -0.2) is 15.7 Å². The minimum Gasteiger partial charge on any atom is -0.383 e. The number of unbranched alkanes of at least 4 members (excludes halogenated alkanes) is 1. The number of hydrogen-bond donors (Lipinski definition) is 2. The summed E-state index contributed by atoms with van der Waals surface area (Å²) in [6.45, 7) is 4.10. The van der Waals surface area contributed by atoms with E-state index in [0.29, 0.717) is 5.82 Å². The van der Waals surface area contributed by atoms with E-state index in [4.69, 9.17) is 5.73 Å². The molecule has 0 saturated heterocycles. The molecule has 4 heteroatoms. The molecule has 1 aromatic heterocycles. The Hall–Kier alpha value is -0.640. The number of aromatic amines is 1. The summed E-state index contributed by atoms with van der Waals surface area (Å²) in [4.78, 5) is 7.24. The second kappa shape index (κ2) is 4.40. The minimum absolute atomic E-state index is 0.702.